The van der Waals surface area contributed by atoms with E-state index < -0.39 is 5.54 Å². The summed E-state index contributed by atoms with van der Waals surface area (Å²) < 4.78 is 0. The van der Waals surface area contributed by atoms with Crippen molar-refractivity contribution < 1.29 is 4.79 Å². The van der Waals surface area contributed by atoms with Gasteiger partial charge in [0.2, 0.25) is 5.91 Å². The molecule has 0 saturated carbocycles. The van der Waals surface area contributed by atoms with Gasteiger partial charge in [0.15, 0.2) is 0 Å². The van der Waals surface area contributed by atoms with E-state index in [-0.39, 0.29) is 11.3 Å². The van der Waals surface area contributed by atoms with Gasteiger partial charge in [-0.15, -0.1) is 0 Å². The molecule has 1 aromatic rings. The predicted molar refractivity (Wildman–Crippen MR) is 76.3 cm³/mol. The molecule has 0 bridgehead atoms. The van der Waals surface area contributed by atoms with Crippen LogP contribution in [0.3, 0.4) is 0 Å². The second-order valence-electron chi connectivity index (χ2n) is 6.06. The normalized spacial score (nSPS) is 26.2. The molecule has 1 aliphatic heterocycles. The number of hydrogen-bond acceptors (Lipinski definition) is 3. The van der Waals surface area contributed by atoms with Gasteiger partial charge in [-0.05, 0) is 30.9 Å². The van der Waals surface area contributed by atoms with Crippen LogP contribution in [0.4, 0.5) is 0 Å². The van der Waals surface area contributed by atoms with Crippen LogP contribution in [0.5, 0.6) is 0 Å². The highest BCUT2D eigenvalue weighted by molar-refractivity contribution is 5.87. The standard InChI is InChI=1S/C15H23N3O/c1-14(10-16)8-9-18(11-14)13(19)15(2,17)12-6-4-3-5-7-12/h3-7H,8-11,16-17H2,1-2H3. The average Bonchev–Trinajstić information content (AvgIpc) is 2.82. The van der Waals surface area contributed by atoms with Crippen LogP contribution in [0.2, 0.25) is 0 Å². The van der Waals surface area contributed by atoms with Crippen molar-refractivity contribution in [1.29, 1.82) is 0 Å². The average molecular weight is 261 g/mol. The molecule has 1 fully saturated rings. The zero-order valence-corrected chi connectivity index (χ0v) is 11.7. The minimum Gasteiger partial charge on any atom is -0.340 e. The van der Waals surface area contributed by atoms with Gasteiger partial charge in [-0.3, -0.25) is 4.79 Å². The Hall–Kier alpha value is -1.39. The fourth-order valence-electron chi connectivity index (χ4n) is 2.60. The number of nitrogens with two attached hydrogens (primary N) is 2. The third-order valence-corrected chi connectivity index (χ3v) is 4.16. The molecule has 2 atom stereocenters. The van der Waals surface area contributed by atoms with Crippen LogP contribution in [-0.4, -0.2) is 30.4 Å². The number of benzene rings is 1. The Morgan fingerprint density at radius 3 is 2.58 bits per heavy atom. The summed E-state index contributed by atoms with van der Waals surface area (Å²) in [6.45, 7) is 5.94. The highest BCUT2D eigenvalue weighted by atomic mass is 16.2. The fraction of sp³-hybridized carbons (Fsp3) is 0.533. The lowest BCUT2D eigenvalue weighted by atomic mass is 9.89. The molecule has 4 N–H and O–H groups in total. The van der Waals surface area contributed by atoms with Crippen LogP contribution >= 0.6 is 0 Å². The van der Waals surface area contributed by atoms with E-state index in [0.717, 1.165) is 18.5 Å². The minimum absolute atomic E-state index is 0.0177. The Bertz CT molecular complexity index is 458. The van der Waals surface area contributed by atoms with Gasteiger partial charge >= 0.3 is 0 Å². The molecule has 1 aliphatic rings. The van der Waals surface area contributed by atoms with Gasteiger partial charge in [-0.25, -0.2) is 0 Å². The lowest BCUT2D eigenvalue weighted by molar-refractivity contribution is -0.136. The summed E-state index contributed by atoms with van der Waals surface area (Å²) >= 11 is 0. The maximum atomic E-state index is 12.6. The van der Waals surface area contributed by atoms with Crippen molar-refractivity contribution in [2.24, 2.45) is 16.9 Å². The van der Waals surface area contributed by atoms with Gasteiger partial charge in [-0.2, -0.15) is 0 Å². The largest absolute Gasteiger partial charge is 0.340 e. The maximum absolute atomic E-state index is 12.6. The van der Waals surface area contributed by atoms with Crippen molar-refractivity contribution in [3.05, 3.63) is 35.9 Å². The zero-order chi connectivity index (χ0) is 14.1. The zero-order valence-electron chi connectivity index (χ0n) is 11.7. The van der Waals surface area contributed by atoms with E-state index in [1.54, 1.807) is 6.92 Å². The molecule has 1 aromatic carbocycles. The summed E-state index contributed by atoms with van der Waals surface area (Å²) in [5.41, 5.74) is 12.0. The third-order valence-electron chi connectivity index (χ3n) is 4.16. The van der Waals surface area contributed by atoms with Crippen LogP contribution < -0.4 is 11.5 Å². The van der Waals surface area contributed by atoms with E-state index >= 15 is 0 Å². The van der Waals surface area contributed by atoms with E-state index in [0.29, 0.717) is 13.1 Å². The quantitative estimate of drug-likeness (QED) is 0.854. The van der Waals surface area contributed by atoms with E-state index in [1.165, 1.54) is 0 Å². The Morgan fingerprint density at radius 2 is 2.05 bits per heavy atom. The van der Waals surface area contributed by atoms with E-state index in [9.17, 15) is 4.79 Å². The number of amides is 1. The molecule has 1 heterocycles. The third kappa shape index (κ3) is 2.65. The van der Waals surface area contributed by atoms with Crippen molar-refractivity contribution in [3.63, 3.8) is 0 Å². The molecule has 4 nitrogen and oxygen atoms in total. The molecule has 2 rings (SSSR count). The number of rotatable bonds is 3. The van der Waals surface area contributed by atoms with Gasteiger partial charge in [-0.1, -0.05) is 37.3 Å². The van der Waals surface area contributed by atoms with Gasteiger partial charge in [0.1, 0.15) is 5.54 Å². The van der Waals surface area contributed by atoms with Crippen molar-refractivity contribution >= 4 is 5.91 Å². The van der Waals surface area contributed by atoms with Gasteiger partial charge in [0.05, 0.1) is 0 Å². The number of carbonyl (C=O) groups is 1. The number of carbonyl (C=O) groups excluding carboxylic acids is 1. The van der Waals surface area contributed by atoms with Gasteiger partial charge < -0.3 is 16.4 Å². The SMILES string of the molecule is CC1(CN)CCN(C(=O)C(C)(N)c2ccccc2)C1. The Labute approximate surface area is 114 Å². The molecule has 2 unspecified atom stereocenters. The first-order valence-electron chi connectivity index (χ1n) is 6.73. The summed E-state index contributed by atoms with van der Waals surface area (Å²) in [5, 5.41) is 0. The second-order valence-corrected chi connectivity index (χ2v) is 6.06. The molecule has 0 aromatic heterocycles. The lowest BCUT2D eigenvalue weighted by Gasteiger charge is -2.30. The molecule has 4 heteroatoms. The number of nitrogens with zero attached hydrogens (tertiary/aromatic N) is 1. The number of hydrogen-bond donors (Lipinski definition) is 2. The lowest BCUT2D eigenvalue weighted by Crippen LogP contribution is -2.50. The molecule has 1 amide bonds. The Morgan fingerprint density at radius 1 is 1.42 bits per heavy atom. The molecule has 104 valence electrons. The monoisotopic (exact) mass is 261 g/mol. The van der Waals surface area contributed by atoms with Crippen LogP contribution in [0.1, 0.15) is 25.8 Å². The summed E-state index contributed by atoms with van der Waals surface area (Å²) in [5.74, 6) is -0.0177. The first-order chi connectivity index (χ1) is 8.89. The molecule has 0 radical (unpaired) electrons. The van der Waals surface area contributed by atoms with Crippen molar-refractivity contribution in [3.8, 4) is 0 Å². The second kappa shape index (κ2) is 4.94. The minimum atomic E-state index is -0.971. The summed E-state index contributed by atoms with van der Waals surface area (Å²) in [6.07, 6.45) is 0.945. The molecule has 0 spiro atoms. The summed E-state index contributed by atoms with van der Waals surface area (Å²) in [4.78, 5) is 14.5. The van der Waals surface area contributed by atoms with Crippen molar-refractivity contribution in [2.75, 3.05) is 19.6 Å². The van der Waals surface area contributed by atoms with Crippen molar-refractivity contribution in [1.82, 2.24) is 4.90 Å². The highest BCUT2D eigenvalue weighted by Crippen LogP contribution is 2.31. The first-order valence-corrected chi connectivity index (χ1v) is 6.73. The molecular formula is C15H23N3O. The van der Waals surface area contributed by atoms with Crippen LogP contribution in [0.15, 0.2) is 30.3 Å². The molecular weight excluding hydrogens is 238 g/mol. The van der Waals surface area contributed by atoms with Crippen LogP contribution in [0.25, 0.3) is 0 Å². The van der Waals surface area contributed by atoms with Crippen LogP contribution in [-0.2, 0) is 10.3 Å². The molecule has 19 heavy (non-hydrogen) atoms. The van der Waals surface area contributed by atoms with E-state index in [2.05, 4.69) is 6.92 Å². The summed E-state index contributed by atoms with van der Waals surface area (Å²) in [6, 6.07) is 9.53. The highest BCUT2D eigenvalue weighted by Gasteiger charge is 2.41. The van der Waals surface area contributed by atoms with E-state index in [4.69, 9.17) is 11.5 Å². The maximum Gasteiger partial charge on any atom is 0.246 e. The fourth-order valence-corrected chi connectivity index (χ4v) is 2.60. The van der Waals surface area contributed by atoms with Gasteiger partial charge in [0, 0.05) is 13.1 Å². The Balaban J connectivity index is 2.16. The molecule has 1 saturated heterocycles. The van der Waals surface area contributed by atoms with Gasteiger partial charge in [0.25, 0.3) is 0 Å². The first kappa shape index (κ1) is 14.0. The summed E-state index contributed by atoms with van der Waals surface area (Å²) in [7, 11) is 0. The van der Waals surface area contributed by atoms with Crippen molar-refractivity contribution in [2.45, 2.75) is 25.8 Å². The smallest absolute Gasteiger partial charge is 0.246 e. The Kier molecular flexibility index (Phi) is 3.65. The number of likely N-dealkylation sites (tertiary alicyclic amines) is 1. The van der Waals surface area contributed by atoms with E-state index in [1.807, 2.05) is 35.2 Å². The predicted octanol–water partition coefficient (Wildman–Crippen LogP) is 1.06. The van der Waals surface area contributed by atoms with Crippen LogP contribution in [0, 0.1) is 5.41 Å². The molecule has 0 aliphatic carbocycles. The topological polar surface area (TPSA) is 72.3 Å².